The fourth-order valence-electron chi connectivity index (χ4n) is 2.71. The van der Waals surface area contributed by atoms with Gasteiger partial charge in [-0.25, -0.2) is 9.18 Å². The van der Waals surface area contributed by atoms with Crippen LogP contribution in [0.5, 0.6) is 0 Å². The van der Waals surface area contributed by atoms with E-state index in [0.717, 1.165) is 12.1 Å². The number of halogens is 1. The largest absolute Gasteiger partial charge is 0.371 e. The van der Waals surface area contributed by atoms with Crippen molar-refractivity contribution in [1.29, 1.82) is 0 Å². The van der Waals surface area contributed by atoms with Crippen molar-refractivity contribution in [2.75, 3.05) is 39.3 Å². The minimum Gasteiger partial charge on any atom is -0.371 e. The van der Waals surface area contributed by atoms with Gasteiger partial charge in [0.25, 0.3) is 0 Å². The summed E-state index contributed by atoms with van der Waals surface area (Å²) in [5.41, 5.74) is 0.932. The minimum absolute atomic E-state index is 0.0835. The average molecular weight is 307 g/mol. The topological polar surface area (TPSA) is 61.9 Å². The number of rotatable bonds is 4. The van der Waals surface area contributed by atoms with Crippen LogP contribution in [-0.2, 0) is 9.53 Å². The van der Waals surface area contributed by atoms with E-state index in [-0.39, 0.29) is 30.4 Å². The molecule has 7 heteroatoms. The van der Waals surface area contributed by atoms with E-state index in [1.165, 1.54) is 17.0 Å². The van der Waals surface area contributed by atoms with Gasteiger partial charge in [0.05, 0.1) is 19.3 Å². The normalized spacial score (nSPS) is 23.0. The smallest absolute Gasteiger partial charge is 0.324 e. The summed E-state index contributed by atoms with van der Waals surface area (Å²) in [5, 5.41) is 2.51. The number of nitrogens with one attached hydrogen (secondary N) is 1. The zero-order chi connectivity index (χ0) is 15.5. The van der Waals surface area contributed by atoms with Crippen LogP contribution in [0.25, 0.3) is 0 Å². The summed E-state index contributed by atoms with van der Waals surface area (Å²) >= 11 is 0. The van der Waals surface area contributed by atoms with Crippen molar-refractivity contribution in [1.82, 2.24) is 15.1 Å². The van der Waals surface area contributed by atoms with E-state index >= 15 is 0 Å². The molecule has 2 aliphatic heterocycles. The third kappa shape index (κ3) is 3.26. The Balaban J connectivity index is 1.55. The number of carbonyl (C=O) groups excluding carboxylic acids is 2. The summed E-state index contributed by atoms with van der Waals surface area (Å²) in [4.78, 5) is 26.4. The van der Waals surface area contributed by atoms with Gasteiger partial charge < -0.3 is 10.1 Å². The van der Waals surface area contributed by atoms with Gasteiger partial charge in [-0.05, 0) is 17.7 Å². The van der Waals surface area contributed by atoms with Gasteiger partial charge in [0.1, 0.15) is 5.82 Å². The Bertz CT molecular complexity index is 548. The molecule has 2 saturated heterocycles. The quantitative estimate of drug-likeness (QED) is 0.834. The molecule has 3 rings (SSSR count). The predicted molar refractivity (Wildman–Crippen MR) is 76.6 cm³/mol. The molecule has 1 unspecified atom stereocenters. The van der Waals surface area contributed by atoms with Crippen molar-refractivity contribution in [3.63, 3.8) is 0 Å². The highest BCUT2D eigenvalue weighted by molar-refractivity contribution is 6.01. The highest BCUT2D eigenvalue weighted by atomic mass is 19.1. The highest BCUT2D eigenvalue weighted by Crippen LogP contribution is 2.22. The molecule has 1 aromatic rings. The molecular weight excluding hydrogens is 289 g/mol. The van der Waals surface area contributed by atoms with Crippen molar-refractivity contribution in [2.24, 2.45) is 0 Å². The van der Waals surface area contributed by atoms with E-state index in [2.05, 4.69) is 10.2 Å². The lowest BCUT2D eigenvalue weighted by atomic mass is 10.1. The van der Waals surface area contributed by atoms with Gasteiger partial charge in [0.2, 0.25) is 5.91 Å². The zero-order valence-corrected chi connectivity index (χ0v) is 12.1. The third-order valence-corrected chi connectivity index (χ3v) is 3.97. The highest BCUT2D eigenvalue weighted by Gasteiger charge is 2.29. The molecule has 3 amide bonds. The standard InChI is InChI=1S/C15H18FN3O3/c16-12-3-1-11(2-4-12)13-10-18(7-8-22-13)5-6-19-14(20)9-17-15(19)21/h1-4,13H,5-10H2,(H,17,21). The number of carbonyl (C=O) groups is 2. The number of urea groups is 1. The van der Waals surface area contributed by atoms with Gasteiger partial charge >= 0.3 is 6.03 Å². The molecule has 6 nitrogen and oxygen atoms in total. The van der Waals surface area contributed by atoms with Crippen LogP contribution in [0.4, 0.5) is 9.18 Å². The molecule has 0 saturated carbocycles. The first-order valence-electron chi connectivity index (χ1n) is 7.31. The number of morpholine rings is 1. The predicted octanol–water partition coefficient (Wildman–Crippen LogP) is 0.751. The second-order valence-corrected chi connectivity index (χ2v) is 5.42. The summed E-state index contributed by atoms with van der Waals surface area (Å²) < 4.78 is 18.7. The summed E-state index contributed by atoms with van der Waals surface area (Å²) in [6.45, 7) is 3.06. The Morgan fingerprint density at radius 3 is 2.68 bits per heavy atom. The maximum atomic E-state index is 13.0. The second-order valence-electron chi connectivity index (χ2n) is 5.42. The molecule has 0 spiro atoms. The van der Waals surface area contributed by atoms with E-state index in [4.69, 9.17) is 4.74 Å². The van der Waals surface area contributed by atoms with Crippen LogP contribution in [0.3, 0.4) is 0 Å². The molecule has 0 radical (unpaired) electrons. The van der Waals surface area contributed by atoms with Crippen LogP contribution in [0.1, 0.15) is 11.7 Å². The minimum atomic E-state index is -0.326. The van der Waals surface area contributed by atoms with E-state index in [0.29, 0.717) is 26.2 Å². The van der Waals surface area contributed by atoms with Crippen LogP contribution >= 0.6 is 0 Å². The van der Waals surface area contributed by atoms with E-state index in [1.54, 1.807) is 12.1 Å². The third-order valence-electron chi connectivity index (χ3n) is 3.97. The molecule has 0 bridgehead atoms. The molecule has 1 N–H and O–H groups in total. The van der Waals surface area contributed by atoms with E-state index < -0.39 is 0 Å². The van der Waals surface area contributed by atoms with Gasteiger partial charge in [-0.15, -0.1) is 0 Å². The first-order valence-corrected chi connectivity index (χ1v) is 7.31. The zero-order valence-electron chi connectivity index (χ0n) is 12.1. The maximum Gasteiger partial charge on any atom is 0.324 e. The molecule has 2 fully saturated rings. The second kappa shape index (κ2) is 6.41. The number of nitrogens with zero attached hydrogens (tertiary/aromatic N) is 2. The van der Waals surface area contributed by atoms with Crippen molar-refractivity contribution >= 4 is 11.9 Å². The Morgan fingerprint density at radius 2 is 2.00 bits per heavy atom. The van der Waals surface area contributed by atoms with Gasteiger partial charge in [-0.1, -0.05) is 12.1 Å². The summed E-state index contributed by atoms with van der Waals surface area (Å²) in [6, 6.07) is 5.96. The van der Waals surface area contributed by atoms with Gasteiger partial charge in [-0.3, -0.25) is 14.6 Å². The molecule has 2 heterocycles. The lowest BCUT2D eigenvalue weighted by molar-refractivity contribution is -0.125. The van der Waals surface area contributed by atoms with Crippen molar-refractivity contribution in [3.8, 4) is 0 Å². The molecule has 1 atom stereocenters. The Morgan fingerprint density at radius 1 is 1.23 bits per heavy atom. The molecule has 118 valence electrons. The van der Waals surface area contributed by atoms with Gasteiger partial charge in [0.15, 0.2) is 0 Å². The van der Waals surface area contributed by atoms with Crippen molar-refractivity contribution < 1.29 is 18.7 Å². The Hall–Kier alpha value is -1.99. The number of hydrogen-bond acceptors (Lipinski definition) is 4. The van der Waals surface area contributed by atoms with E-state index in [9.17, 15) is 14.0 Å². The molecule has 22 heavy (non-hydrogen) atoms. The Labute approximate surface area is 127 Å². The lowest BCUT2D eigenvalue weighted by Crippen LogP contribution is -2.44. The summed E-state index contributed by atoms with van der Waals surface area (Å²) in [5.74, 6) is -0.455. The van der Waals surface area contributed by atoms with Gasteiger partial charge in [-0.2, -0.15) is 0 Å². The molecule has 1 aromatic carbocycles. The van der Waals surface area contributed by atoms with Crippen LogP contribution in [0, 0.1) is 5.82 Å². The molecule has 0 aromatic heterocycles. The Kier molecular flexibility index (Phi) is 4.35. The molecule has 2 aliphatic rings. The lowest BCUT2D eigenvalue weighted by Gasteiger charge is -2.33. The maximum absolute atomic E-state index is 13.0. The van der Waals surface area contributed by atoms with E-state index in [1.807, 2.05) is 0 Å². The summed E-state index contributed by atoms with van der Waals surface area (Å²) in [6.07, 6.45) is -0.113. The average Bonchev–Trinajstić information content (AvgIpc) is 2.85. The summed E-state index contributed by atoms with van der Waals surface area (Å²) in [7, 11) is 0. The van der Waals surface area contributed by atoms with Crippen LogP contribution in [-0.4, -0.2) is 61.1 Å². The van der Waals surface area contributed by atoms with Crippen molar-refractivity contribution in [2.45, 2.75) is 6.10 Å². The first-order chi connectivity index (χ1) is 10.6. The monoisotopic (exact) mass is 307 g/mol. The number of imide groups is 1. The number of ether oxygens (including phenoxy) is 1. The molecular formula is C15H18FN3O3. The van der Waals surface area contributed by atoms with Crippen molar-refractivity contribution in [3.05, 3.63) is 35.6 Å². The fraction of sp³-hybridized carbons (Fsp3) is 0.467. The van der Waals surface area contributed by atoms with Crippen LogP contribution in [0.2, 0.25) is 0 Å². The number of hydrogen-bond donors (Lipinski definition) is 1. The van der Waals surface area contributed by atoms with Crippen LogP contribution in [0.15, 0.2) is 24.3 Å². The molecule has 0 aliphatic carbocycles. The van der Waals surface area contributed by atoms with Crippen LogP contribution < -0.4 is 5.32 Å². The SMILES string of the molecule is O=C1CNC(=O)N1CCN1CCOC(c2ccc(F)cc2)C1. The van der Waals surface area contributed by atoms with Gasteiger partial charge in [0, 0.05) is 26.2 Å². The fourth-order valence-corrected chi connectivity index (χ4v) is 2.71. The number of benzene rings is 1. The first kappa shape index (κ1) is 14.9. The number of amides is 3.